The first-order chi connectivity index (χ1) is 12.2. The molecule has 0 bridgehead atoms. The summed E-state index contributed by atoms with van der Waals surface area (Å²) in [4.78, 5) is 12.6. The van der Waals surface area contributed by atoms with Crippen molar-refractivity contribution in [1.82, 2.24) is 0 Å². The molecule has 0 heterocycles. The Morgan fingerprint density at radius 2 is 1.56 bits per heavy atom. The molecule has 4 heteroatoms. The van der Waals surface area contributed by atoms with Gasteiger partial charge in [-0.2, -0.15) is 0 Å². The van der Waals surface area contributed by atoms with Crippen LogP contribution < -0.4 is 14.8 Å². The Labute approximate surface area is 147 Å². The molecule has 0 aliphatic rings. The minimum absolute atomic E-state index is 0.232. The molecule has 3 rings (SSSR count). The van der Waals surface area contributed by atoms with Crippen molar-refractivity contribution >= 4 is 11.6 Å². The van der Waals surface area contributed by atoms with Crippen LogP contribution in [0.4, 0.5) is 5.69 Å². The van der Waals surface area contributed by atoms with Gasteiger partial charge in [0.1, 0.15) is 11.5 Å². The molecule has 126 valence electrons. The van der Waals surface area contributed by atoms with Crippen LogP contribution >= 0.6 is 0 Å². The van der Waals surface area contributed by atoms with Crippen LogP contribution in [-0.4, -0.2) is 20.1 Å². The Morgan fingerprint density at radius 1 is 0.800 bits per heavy atom. The number of hydrogen-bond acceptors (Lipinski definition) is 3. The standard InChI is InChI=1S/C21H19NO3/c1-24-18-11-12-19(20(14-18)25-2)21(23)22-17-10-6-9-16(13-17)15-7-4-3-5-8-15/h3-14H,1-2H3,(H,22,23). The van der Waals surface area contributed by atoms with Gasteiger partial charge < -0.3 is 14.8 Å². The molecule has 0 saturated carbocycles. The third-order valence-corrected chi connectivity index (χ3v) is 3.88. The average molecular weight is 333 g/mol. The molecular weight excluding hydrogens is 314 g/mol. The minimum atomic E-state index is -0.232. The monoisotopic (exact) mass is 333 g/mol. The second-order valence-corrected chi connectivity index (χ2v) is 5.47. The molecule has 0 aliphatic heterocycles. The molecule has 25 heavy (non-hydrogen) atoms. The predicted octanol–water partition coefficient (Wildman–Crippen LogP) is 4.62. The molecule has 1 amide bonds. The van der Waals surface area contributed by atoms with Crippen molar-refractivity contribution in [3.8, 4) is 22.6 Å². The fraction of sp³-hybridized carbons (Fsp3) is 0.0952. The van der Waals surface area contributed by atoms with Gasteiger partial charge in [0, 0.05) is 11.8 Å². The molecule has 0 saturated heterocycles. The second kappa shape index (κ2) is 7.53. The number of ether oxygens (including phenoxy) is 2. The van der Waals surface area contributed by atoms with E-state index in [2.05, 4.69) is 5.32 Å². The highest BCUT2D eigenvalue weighted by atomic mass is 16.5. The Bertz CT molecular complexity index is 875. The van der Waals surface area contributed by atoms with Crippen LogP contribution in [0.5, 0.6) is 11.5 Å². The van der Waals surface area contributed by atoms with Crippen LogP contribution in [0.2, 0.25) is 0 Å². The van der Waals surface area contributed by atoms with Gasteiger partial charge in [-0.3, -0.25) is 4.79 Å². The number of benzene rings is 3. The van der Waals surface area contributed by atoms with E-state index in [0.717, 1.165) is 16.8 Å². The molecule has 0 unspecified atom stereocenters. The van der Waals surface area contributed by atoms with Crippen LogP contribution in [0.25, 0.3) is 11.1 Å². The van der Waals surface area contributed by atoms with E-state index in [1.807, 2.05) is 54.6 Å². The van der Waals surface area contributed by atoms with Crippen molar-refractivity contribution in [1.29, 1.82) is 0 Å². The quantitative estimate of drug-likeness (QED) is 0.741. The molecular formula is C21H19NO3. The summed E-state index contributed by atoms with van der Waals surface area (Å²) in [6, 6.07) is 22.9. The van der Waals surface area contributed by atoms with E-state index in [-0.39, 0.29) is 5.91 Å². The number of carbonyl (C=O) groups is 1. The first kappa shape index (κ1) is 16.6. The summed E-state index contributed by atoms with van der Waals surface area (Å²) in [7, 11) is 3.10. The number of carbonyl (C=O) groups excluding carboxylic acids is 1. The maximum Gasteiger partial charge on any atom is 0.259 e. The van der Waals surface area contributed by atoms with Gasteiger partial charge in [0.15, 0.2) is 0 Å². The Balaban J connectivity index is 1.84. The Morgan fingerprint density at radius 3 is 2.28 bits per heavy atom. The number of methoxy groups -OCH3 is 2. The van der Waals surface area contributed by atoms with Crippen molar-refractivity contribution in [2.75, 3.05) is 19.5 Å². The molecule has 1 N–H and O–H groups in total. The molecule has 0 atom stereocenters. The van der Waals surface area contributed by atoms with E-state index < -0.39 is 0 Å². The van der Waals surface area contributed by atoms with Crippen molar-refractivity contribution in [2.45, 2.75) is 0 Å². The number of amides is 1. The van der Waals surface area contributed by atoms with Gasteiger partial charge in [0.05, 0.1) is 19.8 Å². The zero-order chi connectivity index (χ0) is 17.6. The molecule has 3 aromatic rings. The maximum absolute atomic E-state index is 12.6. The van der Waals surface area contributed by atoms with Crippen molar-refractivity contribution in [3.05, 3.63) is 78.4 Å². The van der Waals surface area contributed by atoms with E-state index in [9.17, 15) is 4.79 Å². The van der Waals surface area contributed by atoms with E-state index in [4.69, 9.17) is 9.47 Å². The van der Waals surface area contributed by atoms with Crippen LogP contribution in [0.1, 0.15) is 10.4 Å². The van der Waals surface area contributed by atoms with Crippen LogP contribution in [-0.2, 0) is 0 Å². The first-order valence-corrected chi connectivity index (χ1v) is 7.90. The lowest BCUT2D eigenvalue weighted by molar-refractivity contribution is 0.102. The number of nitrogens with one attached hydrogen (secondary N) is 1. The molecule has 3 aromatic carbocycles. The third kappa shape index (κ3) is 3.80. The molecule has 0 aromatic heterocycles. The fourth-order valence-corrected chi connectivity index (χ4v) is 2.59. The summed E-state index contributed by atoms with van der Waals surface area (Å²) >= 11 is 0. The van der Waals surface area contributed by atoms with E-state index in [1.54, 1.807) is 25.3 Å². The van der Waals surface area contributed by atoms with E-state index in [0.29, 0.717) is 17.1 Å². The smallest absolute Gasteiger partial charge is 0.259 e. The Kier molecular flexibility index (Phi) is 5.00. The normalized spacial score (nSPS) is 10.2. The van der Waals surface area contributed by atoms with Gasteiger partial charge in [-0.1, -0.05) is 42.5 Å². The van der Waals surface area contributed by atoms with Crippen molar-refractivity contribution < 1.29 is 14.3 Å². The van der Waals surface area contributed by atoms with Gasteiger partial charge in [0.25, 0.3) is 5.91 Å². The van der Waals surface area contributed by atoms with Gasteiger partial charge in [-0.15, -0.1) is 0 Å². The largest absolute Gasteiger partial charge is 0.497 e. The lowest BCUT2D eigenvalue weighted by Gasteiger charge is -2.11. The minimum Gasteiger partial charge on any atom is -0.497 e. The SMILES string of the molecule is COc1ccc(C(=O)Nc2cccc(-c3ccccc3)c2)c(OC)c1. The summed E-state index contributed by atoms with van der Waals surface area (Å²) in [5.41, 5.74) is 3.32. The van der Waals surface area contributed by atoms with Crippen molar-refractivity contribution in [3.63, 3.8) is 0 Å². The molecule has 0 radical (unpaired) electrons. The summed E-state index contributed by atoms with van der Waals surface area (Å²) in [6.07, 6.45) is 0. The highest BCUT2D eigenvalue weighted by Gasteiger charge is 2.13. The first-order valence-electron chi connectivity index (χ1n) is 7.90. The fourth-order valence-electron chi connectivity index (χ4n) is 2.59. The van der Waals surface area contributed by atoms with Crippen LogP contribution in [0, 0.1) is 0 Å². The maximum atomic E-state index is 12.6. The topological polar surface area (TPSA) is 47.6 Å². The number of rotatable bonds is 5. The van der Waals surface area contributed by atoms with E-state index >= 15 is 0 Å². The molecule has 0 aliphatic carbocycles. The zero-order valence-corrected chi connectivity index (χ0v) is 14.2. The molecule has 4 nitrogen and oxygen atoms in total. The van der Waals surface area contributed by atoms with Gasteiger partial charge in [-0.05, 0) is 35.4 Å². The van der Waals surface area contributed by atoms with Gasteiger partial charge in [0.2, 0.25) is 0 Å². The summed E-state index contributed by atoms with van der Waals surface area (Å²) in [5.74, 6) is 0.875. The summed E-state index contributed by atoms with van der Waals surface area (Å²) in [6.45, 7) is 0. The van der Waals surface area contributed by atoms with Gasteiger partial charge >= 0.3 is 0 Å². The van der Waals surface area contributed by atoms with Crippen LogP contribution in [0.15, 0.2) is 72.8 Å². The molecule has 0 fully saturated rings. The lowest BCUT2D eigenvalue weighted by Crippen LogP contribution is -2.13. The number of hydrogen-bond donors (Lipinski definition) is 1. The zero-order valence-electron chi connectivity index (χ0n) is 14.2. The molecule has 0 spiro atoms. The number of anilines is 1. The average Bonchev–Trinajstić information content (AvgIpc) is 2.68. The second-order valence-electron chi connectivity index (χ2n) is 5.47. The van der Waals surface area contributed by atoms with Crippen molar-refractivity contribution in [2.24, 2.45) is 0 Å². The van der Waals surface area contributed by atoms with Gasteiger partial charge in [-0.25, -0.2) is 0 Å². The van der Waals surface area contributed by atoms with E-state index in [1.165, 1.54) is 7.11 Å². The van der Waals surface area contributed by atoms with Crippen LogP contribution in [0.3, 0.4) is 0 Å². The highest BCUT2D eigenvalue weighted by molar-refractivity contribution is 6.06. The summed E-state index contributed by atoms with van der Waals surface area (Å²) in [5, 5.41) is 2.92. The predicted molar refractivity (Wildman–Crippen MR) is 99.4 cm³/mol. The lowest BCUT2D eigenvalue weighted by atomic mass is 10.1. The highest BCUT2D eigenvalue weighted by Crippen LogP contribution is 2.26. The third-order valence-electron chi connectivity index (χ3n) is 3.88. The Hall–Kier alpha value is -3.27. The summed E-state index contributed by atoms with van der Waals surface area (Å²) < 4.78 is 10.5.